The number of hydrogen-bond donors (Lipinski definition) is 0. The molecule has 0 fully saturated rings. The molecule has 4 nitrogen and oxygen atoms in total. The maximum atomic E-state index is 12.7. The number of carbonyl (C=O) groups is 1. The van der Waals surface area contributed by atoms with Crippen LogP contribution in [0.3, 0.4) is 0 Å². The number of benzene rings is 2. The van der Waals surface area contributed by atoms with Crippen molar-refractivity contribution in [2.24, 2.45) is 0 Å². The molecule has 23 heavy (non-hydrogen) atoms. The van der Waals surface area contributed by atoms with Crippen molar-refractivity contribution in [3.63, 3.8) is 0 Å². The molecular formula is C17H13Cl2N3O. The van der Waals surface area contributed by atoms with Crippen LogP contribution in [0.1, 0.15) is 5.56 Å². The summed E-state index contributed by atoms with van der Waals surface area (Å²) in [5, 5.41) is 1.03. The third kappa shape index (κ3) is 2.38. The fraction of sp³-hybridized carbons (Fsp3) is 0.176. The number of aromatic nitrogens is 2. The number of halogens is 2. The second kappa shape index (κ2) is 5.55. The van der Waals surface area contributed by atoms with E-state index in [1.807, 2.05) is 24.3 Å². The van der Waals surface area contributed by atoms with Gasteiger partial charge in [-0.15, -0.1) is 0 Å². The molecule has 2 heterocycles. The third-order valence-corrected chi connectivity index (χ3v) is 4.82. The number of fused-ring (bicyclic) bond motifs is 3. The molecule has 1 aliphatic heterocycles. The topological polar surface area (TPSA) is 38.1 Å². The van der Waals surface area contributed by atoms with E-state index in [0.717, 1.165) is 17.6 Å². The quantitative estimate of drug-likeness (QED) is 0.705. The minimum Gasteiger partial charge on any atom is -0.308 e. The summed E-state index contributed by atoms with van der Waals surface area (Å²) in [5.41, 5.74) is 2.61. The van der Waals surface area contributed by atoms with E-state index in [4.69, 9.17) is 23.2 Å². The number of amides is 1. The van der Waals surface area contributed by atoms with Crippen LogP contribution in [0.4, 0.5) is 5.95 Å². The second-order valence-corrected chi connectivity index (χ2v) is 6.29. The zero-order valence-corrected chi connectivity index (χ0v) is 13.7. The van der Waals surface area contributed by atoms with E-state index in [9.17, 15) is 4.79 Å². The predicted octanol–water partition coefficient (Wildman–Crippen LogP) is 3.93. The molecule has 3 aromatic rings. The summed E-state index contributed by atoms with van der Waals surface area (Å²) >= 11 is 12.3. The van der Waals surface area contributed by atoms with Crippen LogP contribution >= 0.6 is 23.2 Å². The zero-order valence-electron chi connectivity index (χ0n) is 12.2. The number of imidazole rings is 1. The molecule has 4 rings (SSSR count). The summed E-state index contributed by atoms with van der Waals surface area (Å²) in [6.45, 7) is 1.37. The molecule has 0 unspecified atom stereocenters. The lowest BCUT2D eigenvalue weighted by molar-refractivity contribution is -0.117. The fourth-order valence-corrected chi connectivity index (χ4v) is 3.50. The molecule has 0 spiro atoms. The van der Waals surface area contributed by atoms with Crippen LogP contribution in [-0.4, -0.2) is 22.0 Å². The van der Waals surface area contributed by atoms with Crippen molar-refractivity contribution in [1.82, 2.24) is 9.55 Å². The van der Waals surface area contributed by atoms with Gasteiger partial charge in [-0.1, -0.05) is 41.4 Å². The van der Waals surface area contributed by atoms with Crippen molar-refractivity contribution >= 4 is 46.1 Å². The molecular weight excluding hydrogens is 333 g/mol. The Hall–Kier alpha value is -2.04. The van der Waals surface area contributed by atoms with Gasteiger partial charge in [0.2, 0.25) is 11.9 Å². The highest BCUT2D eigenvalue weighted by atomic mass is 35.5. The van der Waals surface area contributed by atoms with E-state index in [2.05, 4.69) is 9.55 Å². The van der Waals surface area contributed by atoms with Crippen LogP contribution in [-0.2, 0) is 17.8 Å². The Balaban J connectivity index is 1.67. The first kappa shape index (κ1) is 14.5. The molecule has 0 radical (unpaired) electrons. The number of para-hydroxylation sites is 2. The summed E-state index contributed by atoms with van der Waals surface area (Å²) in [5.74, 6) is 0.647. The van der Waals surface area contributed by atoms with Crippen molar-refractivity contribution in [2.45, 2.75) is 13.0 Å². The Kier molecular flexibility index (Phi) is 3.51. The molecule has 0 saturated carbocycles. The van der Waals surface area contributed by atoms with Crippen molar-refractivity contribution < 1.29 is 4.79 Å². The number of nitrogens with zero attached hydrogens (tertiary/aromatic N) is 3. The van der Waals surface area contributed by atoms with Crippen molar-refractivity contribution in [1.29, 1.82) is 0 Å². The van der Waals surface area contributed by atoms with Gasteiger partial charge in [0.25, 0.3) is 0 Å². The summed E-state index contributed by atoms with van der Waals surface area (Å²) in [6.07, 6.45) is 0.168. The summed E-state index contributed by atoms with van der Waals surface area (Å²) in [6, 6.07) is 13.2. The van der Waals surface area contributed by atoms with Crippen LogP contribution in [0.25, 0.3) is 11.0 Å². The SMILES string of the molecule is O=C(Cc1c(Cl)cccc1Cl)N1CCn2c1nc1ccccc12. The molecule has 1 aliphatic rings. The highest BCUT2D eigenvalue weighted by molar-refractivity contribution is 6.36. The van der Waals surface area contributed by atoms with Crippen molar-refractivity contribution in [3.05, 3.63) is 58.1 Å². The van der Waals surface area contributed by atoms with Crippen molar-refractivity contribution in [2.75, 3.05) is 11.4 Å². The van der Waals surface area contributed by atoms with Gasteiger partial charge in [0.05, 0.1) is 17.5 Å². The van der Waals surface area contributed by atoms with Crippen LogP contribution in [0.15, 0.2) is 42.5 Å². The largest absolute Gasteiger partial charge is 0.308 e. The van der Waals surface area contributed by atoms with E-state index in [-0.39, 0.29) is 12.3 Å². The second-order valence-electron chi connectivity index (χ2n) is 5.47. The normalized spacial score (nSPS) is 13.6. The molecule has 116 valence electrons. The zero-order chi connectivity index (χ0) is 16.0. The standard InChI is InChI=1S/C17H13Cl2N3O/c18-12-4-3-5-13(19)11(12)10-16(23)22-9-8-21-15-7-2-1-6-14(15)20-17(21)22/h1-7H,8-10H2. The molecule has 0 saturated heterocycles. The lowest BCUT2D eigenvalue weighted by Crippen LogP contribution is -2.31. The molecule has 0 N–H and O–H groups in total. The Morgan fingerprint density at radius 3 is 2.57 bits per heavy atom. The molecule has 6 heteroatoms. The van der Waals surface area contributed by atoms with Gasteiger partial charge in [-0.05, 0) is 29.8 Å². The lowest BCUT2D eigenvalue weighted by atomic mass is 10.1. The number of anilines is 1. The fourth-order valence-electron chi connectivity index (χ4n) is 2.97. The molecule has 0 atom stereocenters. The van der Waals surface area contributed by atoms with Crippen LogP contribution in [0, 0.1) is 0 Å². The molecule has 2 aromatic carbocycles. The summed E-state index contributed by atoms with van der Waals surface area (Å²) in [7, 11) is 0. The minimum absolute atomic E-state index is 0.0472. The average Bonchev–Trinajstić information content (AvgIpc) is 3.09. The Morgan fingerprint density at radius 2 is 1.78 bits per heavy atom. The lowest BCUT2D eigenvalue weighted by Gasteiger charge is -2.15. The molecule has 1 aromatic heterocycles. The maximum absolute atomic E-state index is 12.7. The molecule has 0 aliphatic carbocycles. The Morgan fingerprint density at radius 1 is 1.04 bits per heavy atom. The van der Waals surface area contributed by atoms with E-state index in [0.29, 0.717) is 28.1 Å². The van der Waals surface area contributed by atoms with Gasteiger partial charge in [0.1, 0.15) is 0 Å². The number of carbonyl (C=O) groups excluding carboxylic acids is 1. The van der Waals surface area contributed by atoms with Crippen molar-refractivity contribution in [3.8, 4) is 0 Å². The van der Waals surface area contributed by atoms with Gasteiger partial charge >= 0.3 is 0 Å². The van der Waals surface area contributed by atoms with Gasteiger partial charge in [0, 0.05) is 23.1 Å². The predicted molar refractivity (Wildman–Crippen MR) is 92.3 cm³/mol. The highest BCUT2D eigenvalue weighted by Gasteiger charge is 2.28. The van der Waals surface area contributed by atoms with E-state index >= 15 is 0 Å². The smallest absolute Gasteiger partial charge is 0.233 e. The molecule has 1 amide bonds. The van der Waals surface area contributed by atoms with Gasteiger partial charge in [-0.2, -0.15) is 0 Å². The Bertz CT molecular complexity index is 899. The van der Waals surface area contributed by atoms with E-state index in [1.54, 1.807) is 23.1 Å². The first-order valence-corrected chi connectivity index (χ1v) is 8.09. The maximum Gasteiger partial charge on any atom is 0.233 e. The van der Waals surface area contributed by atoms with E-state index in [1.165, 1.54) is 0 Å². The third-order valence-electron chi connectivity index (χ3n) is 4.11. The number of rotatable bonds is 2. The van der Waals surface area contributed by atoms with E-state index < -0.39 is 0 Å². The van der Waals surface area contributed by atoms with Crippen LogP contribution < -0.4 is 4.90 Å². The van der Waals surface area contributed by atoms with Gasteiger partial charge in [-0.3, -0.25) is 9.69 Å². The first-order valence-electron chi connectivity index (χ1n) is 7.33. The molecule has 0 bridgehead atoms. The minimum atomic E-state index is -0.0472. The summed E-state index contributed by atoms with van der Waals surface area (Å²) in [4.78, 5) is 19.0. The highest BCUT2D eigenvalue weighted by Crippen LogP contribution is 2.29. The van der Waals surface area contributed by atoms with Gasteiger partial charge in [0.15, 0.2) is 0 Å². The monoisotopic (exact) mass is 345 g/mol. The van der Waals surface area contributed by atoms with Crippen LogP contribution in [0.2, 0.25) is 10.0 Å². The van der Waals surface area contributed by atoms with Crippen LogP contribution in [0.5, 0.6) is 0 Å². The van der Waals surface area contributed by atoms with Gasteiger partial charge < -0.3 is 4.57 Å². The van der Waals surface area contributed by atoms with Gasteiger partial charge in [-0.25, -0.2) is 4.98 Å². The first-order chi connectivity index (χ1) is 11.1. The summed E-state index contributed by atoms with van der Waals surface area (Å²) < 4.78 is 2.07. The Labute approximate surface area is 143 Å². The average molecular weight is 346 g/mol. The number of hydrogen-bond acceptors (Lipinski definition) is 2.